The Hall–Kier alpha value is -0.330. The number of nitrogens with one attached hydrogen (secondary N) is 1. The molecule has 18 heavy (non-hydrogen) atoms. The van der Waals surface area contributed by atoms with E-state index in [-0.39, 0.29) is 19.7 Å². The molecule has 0 fully saturated rings. The van der Waals surface area contributed by atoms with Gasteiger partial charge in [0.1, 0.15) is 0 Å². The molecule has 0 bridgehead atoms. The summed E-state index contributed by atoms with van der Waals surface area (Å²) >= 11 is 0. The van der Waals surface area contributed by atoms with E-state index in [1.54, 1.807) is 0 Å². The molecule has 0 saturated carbocycles. The van der Waals surface area contributed by atoms with Crippen LogP contribution >= 0.6 is 0 Å². The van der Waals surface area contributed by atoms with Gasteiger partial charge in [0.25, 0.3) is 0 Å². The Bertz CT molecular complexity index is 189. The van der Waals surface area contributed by atoms with Gasteiger partial charge in [0.15, 0.2) is 0 Å². The zero-order valence-electron chi connectivity index (χ0n) is 10.9. The summed E-state index contributed by atoms with van der Waals surface area (Å²) in [6.45, 7) is 2.85. The smallest absolute Gasteiger partial charge is 0.389 e. The van der Waals surface area contributed by atoms with Gasteiger partial charge in [0.05, 0.1) is 19.1 Å². The van der Waals surface area contributed by atoms with Crippen LogP contribution in [0.15, 0.2) is 0 Å². The predicted molar refractivity (Wildman–Crippen MR) is 64.5 cm³/mol. The van der Waals surface area contributed by atoms with Crippen LogP contribution in [0.3, 0.4) is 0 Å². The van der Waals surface area contributed by atoms with Crippen LogP contribution in [0.4, 0.5) is 13.2 Å². The van der Waals surface area contributed by atoms with Crippen molar-refractivity contribution in [3.05, 3.63) is 0 Å². The van der Waals surface area contributed by atoms with Gasteiger partial charge in [-0.3, -0.25) is 0 Å². The van der Waals surface area contributed by atoms with Crippen molar-refractivity contribution in [3.8, 4) is 0 Å². The van der Waals surface area contributed by atoms with Gasteiger partial charge < -0.3 is 15.2 Å². The van der Waals surface area contributed by atoms with Crippen LogP contribution in [0.2, 0.25) is 0 Å². The van der Waals surface area contributed by atoms with Crippen LogP contribution in [0.1, 0.15) is 39.0 Å². The van der Waals surface area contributed by atoms with Gasteiger partial charge >= 0.3 is 6.18 Å². The largest absolute Gasteiger partial charge is 0.390 e. The molecule has 0 aromatic heterocycles. The number of hydrogen-bond donors (Lipinski definition) is 2. The average molecular weight is 271 g/mol. The first kappa shape index (κ1) is 17.7. The summed E-state index contributed by atoms with van der Waals surface area (Å²) in [6.07, 6.45) is -1.37. The first-order valence-electron chi connectivity index (χ1n) is 6.49. The highest BCUT2D eigenvalue weighted by Crippen LogP contribution is 2.17. The number of alkyl halides is 3. The summed E-state index contributed by atoms with van der Waals surface area (Å²) < 4.78 is 40.6. The molecule has 0 heterocycles. The molecule has 0 aliphatic heterocycles. The van der Waals surface area contributed by atoms with E-state index in [4.69, 9.17) is 4.74 Å². The molecule has 3 nitrogen and oxygen atoms in total. The minimum Gasteiger partial charge on any atom is -0.389 e. The second-order valence-corrected chi connectivity index (χ2v) is 4.36. The minimum atomic E-state index is -4.15. The van der Waals surface area contributed by atoms with Crippen LogP contribution in [0.5, 0.6) is 0 Å². The number of ether oxygens (including phenoxy) is 1. The number of unbranched alkanes of at least 4 members (excludes halogenated alkanes) is 3. The highest BCUT2D eigenvalue weighted by atomic mass is 19.4. The van der Waals surface area contributed by atoms with Crippen LogP contribution in [-0.2, 0) is 4.74 Å². The first-order chi connectivity index (χ1) is 8.45. The third kappa shape index (κ3) is 13.7. The molecule has 1 atom stereocenters. The fourth-order valence-electron chi connectivity index (χ4n) is 1.41. The Labute approximate surface area is 107 Å². The van der Waals surface area contributed by atoms with Crippen molar-refractivity contribution in [2.45, 2.75) is 51.3 Å². The molecule has 0 aromatic rings. The van der Waals surface area contributed by atoms with Crippen LogP contribution in [0, 0.1) is 0 Å². The summed E-state index contributed by atoms with van der Waals surface area (Å²) in [5.74, 6) is 0. The number of rotatable bonds is 11. The Morgan fingerprint density at radius 3 is 2.56 bits per heavy atom. The Kier molecular flexibility index (Phi) is 10.4. The molecule has 2 N–H and O–H groups in total. The molecule has 110 valence electrons. The average Bonchev–Trinajstić information content (AvgIpc) is 2.28. The highest BCUT2D eigenvalue weighted by molar-refractivity contribution is 4.60. The SMILES string of the molecule is CCCCCCOCC(O)CNCCC(F)(F)F. The first-order valence-corrected chi connectivity index (χ1v) is 6.49. The lowest BCUT2D eigenvalue weighted by molar-refractivity contribution is -0.133. The normalized spacial score (nSPS) is 13.8. The van der Waals surface area contributed by atoms with Crippen molar-refractivity contribution < 1.29 is 23.0 Å². The van der Waals surface area contributed by atoms with Crippen molar-refractivity contribution in [3.63, 3.8) is 0 Å². The summed E-state index contributed by atoms with van der Waals surface area (Å²) in [5, 5.41) is 12.0. The second-order valence-electron chi connectivity index (χ2n) is 4.36. The molecular formula is C12H24F3NO2. The predicted octanol–water partition coefficient (Wildman–Crippen LogP) is 2.49. The van der Waals surface area contributed by atoms with E-state index < -0.39 is 18.7 Å². The van der Waals surface area contributed by atoms with Crippen LogP contribution in [0.25, 0.3) is 0 Å². The quantitative estimate of drug-likeness (QED) is 0.567. The number of aliphatic hydroxyl groups is 1. The monoisotopic (exact) mass is 271 g/mol. The van der Waals surface area contributed by atoms with Crippen LogP contribution in [-0.4, -0.2) is 43.7 Å². The molecule has 0 rings (SSSR count). The van der Waals surface area contributed by atoms with E-state index in [1.807, 2.05) is 0 Å². The molecular weight excluding hydrogens is 247 g/mol. The van der Waals surface area contributed by atoms with E-state index >= 15 is 0 Å². The second kappa shape index (κ2) is 10.6. The Balaban J connectivity index is 3.25. The van der Waals surface area contributed by atoms with Crippen molar-refractivity contribution in [2.24, 2.45) is 0 Å². The van der Waals surface area contributed by atoms with Crippen molar-refractivity contribution >= 4 is 0 Å². The summed E-state index contributed by atoms with van der Waals surface area (Å²) in [6, 6.07) is 0. The molecule has 6 heteroatoms. The van der Waals surface area contributed by atoms with E-state index in [0.29, 0.717) is 6.61 Å². The van der Waals surface area contributed by atoms with Gasteiger partial charge in [-0.05, 0) is 6.42 Å². The van der Waals surface area contributed by atoms with E-state index in [9.17, 15) is 18.3 Å². The third-order valence-corrected chi connectivity index (χ3v) is 2.42. The zero-order chi connectivity index (χ0) is 13.9. The summed E-state index contributed by atoms with van der Waals surface area (Å²) in [7, 11) is 0. The molecule has 0 spiro atoms. The summed E-state index contributed by atoms with van der Waals surface area (Å²) in [5.41, 5.74) is 0. The summed E-state index contributed by atoms with van der Waals surface area (Å²) in [4.78, 5) is 0. The van der Waals surface area contributed by atoms with Gasteiger partial charge in [-0.1, -0.05) is 26.2 Å². The van der Waals surface area contributed by atoms with Gasteiger partial charge in [-0.2, -0.15) is 13.2 Å². The third-order valence-electron chi connectivity index (χ3n) is 2.42. The highest BCUT2D eigenvalue weighted by Gasteiger charge is 2.25. The Morgan fingerprint density at radius 1 is 1.22 bits per heavy atom. The van der Waals surface area contributed by atoms with Crippen molar-refractivity contribution in [1.29, 1.82) is 0 Å². The maximum absolute atomic E-state index is 11.8. The minimum absolute atomic E-state index is 0.130. The molecule has 0 aromatic carbocycles. The van der Waals surface area contributed by atoms with Gasteiger partial charge in [0.2, 0.25) is 0 Å². The molecule has 0 radical (unpaired) electrons. The van der Waals surface area contributed by atoms with E-state index in [2.05, 4.69) is 12.2 Å². The molecule has 0 aliphatic carbocycles. The zero-order valence-corrected chi connectivity index (χ0v) is 10.9. The van der Waals surface area contributed by atoms with Crippen LogP contribution < -0.4 is 5.32 Å². The standard InChI is InChI=1S/C12H24F3NO2/c1-2-3-4-5-8-18-10-11(17)9-16-7-6-12(13,14)15/h11,16-17H,2-10H2,1H3. The topological polar surface area (TPSA) is 41.5 Å². The molecule has 0 saturated heterocycles. The number of aliphatic hydroxyl groups excluding tert-OH is 1. The van der Waals surface area contributed by atoms with E-state index in [1.165, 1.54) is 6.42 Å². The Morgan fingerprint density at radius 2 is 1.94 bits per heavy atom. The number of hydrogen-bond acceptors (Lipinski definition) is 3. The maximum atomic E-state index is 11.8. The molecule has 0 aliphatic rings. The van der Waals surface area contributed by atoms with Gasteiger partial charge in [-0.25, -0.2) is 0 Å². The van der Waals surface area contributed by atoms with Gasteiger partial charge in [-0.15, -0.1) is 0 Å². The number of halogens is 3. The van der Waals surface area contributed by atoms with Crippen molar-refractivity contribution in [1.82, 2.24) is 5.32 Å². The lowest BCUT2D eigenvalue weighted by atomic mass is 10.2. The lowest BCUT2D eigenvalue weighted by Gasteiger charge is -2.13. The van der Waals surface area contributed by atoms with Crippen molar-refractivity contribution in [2.75, 3.05) is 26.3 Å². The maximum Gasteiger partial charge on any atom is 0.390 e. The fourth-order valence-corrected chi connectivity index (χ4v) is 1.41. The molecule has 0 amide bonds. The van der Waals surface area contributed by atoms with Gasteiger partial charge in [0, 0.05) is 19.7 Å². The lowest BCUT2D eigenvalue weighted by Crippen LogP contribution is -2.32. The van der Waals surface area contributed by atoms with E-state index in [0.717, 1.165) is 19.3 Å². The fraction of sp³-hybridized carbons (Fsp3) is 1.00. The molecule has 1 unspecified atom stereocenters.